The summed E-state index contributed by atoms with van der Waals surface area (Å²) >= 11 is 1.47. The Balaban J connectivity index is 1.33. The molecule has 4 aromatic rings. The van der Waals surface area contributed by atoms with Crippen LogP contribution in [-0.2, 0) is 18.9 Å². The molecule has 11 heteroatoms. The van der Waals surface area contributed by atoms with E-state index in [0.29, 0.717) is 28.8 Å². The minimum Gasteiger partial charge on any atom is -0.492 e. The van der Waals surface area contributed by atoms with Crippen LogP contribution in [-0.4, -0.2) is 81.9 Å². The fourth-order valence-corrected chi connectivity index (χ4v) is 6.37. The molecule has 1 aliphatic rings. The van der Waals surface area contributed by atoms with Gasteiger partial charge in [-0.05, 0) is 56.0 Å². The average molecular weight is 660 g/mol. The number of carbonyl (C=O) groups is 1. The van der Waals surface area contributed by atoms with Gasteiger partial charge in [-0.2, -0.15) is 4.98 Å². The minimum absolute atomic E-state index is 0.130. The number of benzene rings is 2. The molecule has 0 radical (unpaired) electrons. The fourth-order valence-electron chi connectivity index (χ4n) is 6.00. The molecule has 2 aromatic carbocycles. The van der Waals surface area contributed by atoms with E-state index in [1.54, 1.807) is 19.4 Å². The summed E-state index contributed by atoms with van der Waals surface area (Å²) in [7, 11) is 3.48. The van der Waals surface area contributed by atoms with E-state index in [0.717, 1.165) is 67.1 Å². The molecule has 1 fully saturated rings. The van der Waals surface area contributed by atoms with E-state index in [-0.39, 0.29) is 16.9 Å². The van der Waals surface area contributed by atoms with Gasteiger partial charge in [-0.3, -0.25) is 9.69 Å². The number of nitrogens with one attached hydrogen (secondary N) is 2. The van der Waals surface area contributed by atoms with Crippen molar-refractivity contribution >= 4 is 40.1 Å². The van der Waals surface area contributed by atoms with Crippen molar-refractivity contribution in [1.82, 2.24) is 24.3 Å². The van der Waals surface area contributed by atoms with E-state index < -0.39 is 0 Å². The zero-order valence-electron chi connectivity index (χ0n) is 29.2. The maximum atomic E-state index is 13.8. The van der Waals surface area contributed by atoms with Crippen LogP contribution >= 0.6 is 11.9 Å². The third-order valence-corrected chi connectivity index (χ3v) is 9.16. The smallest absolute Gasteiger partial charge is 0.272 e. The lowest BCUT2D eigenvalue weighted by Crippen LogP contribution is -2.53. The third kappa shape index (κ3) is 8.02. The first-order chi connectivity index (χ1) is 22.3. The zero-order chi connectivity index (χ0) is 33.9. The van der Waals surface area contributed by atoms with E-state index in [9.17, 15) is 4.79 Å². The first kappa shape index (κ1) is 34.5. The molecule has 1 saturated heterocycles. The molecule has 0 spiro atoms. The predicted molar refractivity (Wildman–Crippen MR) is 193 cm³/mol. The van der Waals surface area contributed by atoms with Crippen LogP contribution in [0.5, 0.6) is 17.4 Å². The monoisotopic (exact) mass is 659 g/mol. The van der Waals surface area contributed by atoms with Crippen LogP contribution in [0.25, 0.3) is 10.9 Å². The normalized spacial score (nSPS) is 14.7. The molecule has 0 aliphatic carbocycles. The van der Waals surface area contributed by atoms with Gasteiger partial charge in [0.05, 0.1) is 24.0 Å². The minimum atomic E-state index is -0.248. The van der Waals surface area contributed by atoms with Crippen LogP contribution in [0.3, 0.4) is 0 Å². The van der Waals surface area contributed by atoms with Gasteiger partial charge in [-0.25, -0.2) is 4.98 Å². The maximum Gasteiger partial charge on any atom is 0.272 e. The van der Waals surface area contributed by atoms with Crippen molar-refractivity contribution in [3.63, 3.8) is 0 Å². The van der Waals surface area contributed by atoms with Gasteiger partial charge in [-0.15, -0.1) is 0 Å². The lowest BCUT2D eigenvalue weighted by atomic mass is 9.86. The van der Waals surface area contributed by atoms with E-state index in [1.165, 1.54) is 11.9 Å². The van der Waals surface area contributed by atoms with Crippen LogP contribution < -0.4 is 19.5 Å². The lowest BCUT2D eigenvalue weighted by Gasteiger charge is -2.42. The molecule has 1 amide bonds. The third-order valence-electron chi connectivity index (χ3n) is 8.74. The number of aromatic nitrogens is 3. The summed E-state index contributed by atoms with van der Waals surface area (Å²) in [5.74, 6) is 2.18. The first-order valence-electron chi connectivity index (χ1n) is 16.2. The van der Waals surface area contributed by atoms with E-state index in [2.05, 4.69) is 72.4 Å². The highest BCUT2D eigenvalue weighted by atomic mass is 32.2. The number of anilines is 2. The summed E-state index contributed by atoms with van der Waals surface area (Å²) in [5.41, 5.74) is 3.85. The van der Waals surface area contributed by atoms with Crippen molar-refractivity contribution in [2.45, 2.75) is 58.9 Å². The van der Waals surface area contributed by atoms with Gasteiger partial charge in [-0.1, -0.05) is 44.9 Å². The summed E-state index contributed by atoms with van der Waals surface area (Å²) in [5, 5.41) is 4.00. The number of para-hydroxylation sites is 1. The molecule has 5 rings (SSSR count). The Kier molecular flexibility index (Phi) is 10.4. The average Bonchev–Trinajstić information content (AvgIpc) is 3.37. The lowest BCUT2D eigenvalue weighted by molar-refractivity contribution is 0.0626. The summed E-state index contributed by atoms with van der Waals surface area (Å²) in [6.07, 6.45) is 4.45. The van der Waals surface area contributed by atoms with Crippen molar-refractivity contribution < 1.29 is 14.3 Å². The van der Waals surface area contributed by atoms with Gasteiger partial charge in [0.2, 0.25) is 5.88 Å². The molecule has 3 heterocycles. The number of aryl methyl sites for hydroxylation is 1. The number of hydrogen-bond donors (Lipinski definition) is 2. The highest BCUT2D eigenvalue weighted by Crippen LogP contribution is 2.40. The second kappa shape index (κ2) is 14.1. The molecule has 0 atom stereocenters. The Hall–Kier alpha value is -3.80. The molecule has 47 heavy (non-hydrogen) atoms. The van der Waals surface area contributed by atoms with Crippen molar-refractivity contribution in [3.8, 4) is 17.4 Å². The molecular formula is C36H49N7O3S. The number of fused-ring (bicyclic) bond motifs is 1. The van der Waals surface area contributed by atoms with Crippen LogP contribution in [0.2, 0.25) is 0 Å². The topological polar surface area (TPSA) is 96.8 Å². The number of carbonyl (C=O) groups excluding carboxylic acids is 1. The van der Waals surface area contributed by atoms with Crippen LogP contribution in [0.1, 0.15) is 63.4 Å². The zero-order valence-corrected chi connectivity index (χ0v) is 30.0. The highest BCUT2D eigenvalue weighted by molar-refractivity contribution is 7.99. The van der Waals surface area contributed by atoms with Crippen molar-refractivity contribution in [2.75, 3.05) is 56.1 Å². The summed E-state index contributed by atoms with van der Waals surface area (Å²) in [6, 6.07) is 13.5. The van der Waals surface area contributed by atoms with Crippen molar-refractivity contribution in [3.05, 3.63) is 65.7 Å². The number of nitrogens with zero attached hydrogens (tertiary/aromatic N) is 5. The fraction of sp³-hybridized carbons (Fsp3) is 0.472. The molecule has 2 aromatic heterocycles. The van der Waals surface area contributed by atoms with Crippen LogP contribution in [0.15, 0.2) is 48.7 Å². The molecule has 0 unspecified atom stereocenters. The van der Waals surface area contributed by atoms with Gasteiger partial charge in [0.1, 0.15) is 11.5 Å². The molecule has 2 N–H and O–H groups in total. The first-order valence-corrected chi connectivity index (χ1v) is 17.4. The summed E-state index contributed by atoms with van der Waals surface area (Å²) < 4.78 is 17.3. The number of hydrogen-bond acceptors (Lipinski definition) is 9. The second-order valence-corrected chi connectivity index (χ2v) is 14.7. The number of methoxy groups -OCH3 is 1. The van der Waals surface area contributed by atoms with Crippen LogP contribution in [0, 0.1) is 0 Å². The number of ether oxygens (including phenoxy) is 2. The van der Waals surface area contributed by atoms with E-state index in [4.69, 9.17) is 14.5 Å². The summed E-state index contributed by atoms with van der Waals surface area (Å²) in [6.45, 7) is 18.4. The Morgan fingerprint density at radius 2 is 1.72 bits per heavy atom. The number of rotatable bonds is 10. The quantitative estimate of drug-likeness (QED) is 0.175. The number of piperazine rings is 1. The van der Waals surface area contributed by atoms with Gasteiger partial charge >= 0.3 is 0 Å². The van der Waals surface area contributed by atoms with Crippen molar-refractivity contribution in [2.24, 2.45) is 7.05 Å². The maximum absolute atomic E-state index is 13.8. The summed E-state index contributed by atoms with van der Waals surface area (Å²) in [4.78, 5) is 28.1. The molecule has 252 valence electrons. The van der Waals surface area contributed by atoms with Crippen molar-refractivity contribution in [1.29, 1.82) is 0 Å². The Morgan fingerprint density at radius 1 is 1.00 bits per heavy atom. The second-order valence-electron chi connectivity index (χ2n) is 14.1. The molecular weight excluding hydrogens is 611 g/mol. The largest absolute Gasteiger partial charge is 0.492 e. The SMILES string of the molecule is COc1c(NSC)cc(C(C)(C)C)cc1NC(=O)c1cc2cccc(Oc3ccnc(CCN4CCN(C(C)(C)C)CC4)n3)c2n1C. The molecule has 10 nitrogen and oxygen atoms in total. The Morgan fingerprint density at radius 3 is 2.38 bits per heavy atom. The number of amides is 1. The van der Waals surface area contributed by atoms with Crippen LogP contribution in [0.4, 0.5) is 11.4 Å². The highest BCUT2D eigenvalue weighted by Gasteiger charge is 2.26. The van der Waals surface area contributed by atoms with E-state index >= 15 is 0 Å². The van der Waals surface area contributed by atoms with Gasteiger partial charge in [0.25, 0.3) is 5.91 Å². The van der Waals surface area contributed by atoms with E-state index in [1.807, 2.05) is 48.2 Å². The van der Waals surface area contributed by atoms with Gasteiger partial charge < -0.3 is 29.0 Å². The standard InChI is InChI=1S/C36H49N7O3S/c1-35(2,3)25-22-26(33(45-8)27(23-25)40-47-9)38-34(44)28-21-24-11-10-12-29(32(24)41(28)7)46-31-13-15-37-30(39-31)14-16-42-17-19-43(20-18-42)36(4,5)6/h10-13,15,21-23,40H,14,16-20H2,1-9H3,(H,38,44). The molecule has 0 saturated carbocycles. The predicted octanol–water partition coefficient (Wildman–Crippen LogP) is 6.97. The van der Waals surface area contributed by atoms with Gasteiger partial charge in [0.15, 0.2) is 11.5 Å². The van der Waals surface area contributed by atoms with Gasteiger partial charge in [0, 0.05) is 75.6 Å². The molecule has 0 bridgehead atoms. The molecule has 1 aliphatic heterocycles. The Bertz CT molecular complexity index is 1720. The Labute approximate surface area is 283 Å².